The van der Waals surface area contributed by atoms with E-state index in [9.17, 15) is 9.59 Å². The molecule has 0 saturated heterocycles. The highest BCUT2D eigenvalue weighted by molar-refractivity contribution is 6.29. The van der Waals surface area contributed by atoms with Gasteiger partial charge in [0.2, 0.25) is 0 Å². The first-order valence-electron chi connectivity index (χ1n) is 5.43. The smallest absolute Gasteiger partial charge is 0.326 e. The lowest BCUT2D eigenvalue weighted by atomic mass is 10.2. The molecule has 0 radical (unpaired) electrons. The van der Waals surface area contributed by atoms with Crippen LogP contribution in [0.3, 0.4) is 0 Å². The third-order valence-corrected chi connectivity index (χ3v) is 2.61. The summed E-state index contributed by atoms with van der Waals surface area (Å²) in [6, 6.07) is 5.03. The van der Waals surface area contributed by atoms with Crippen LogP contribution in [-0.2, 0) is 16.1 Å². The number of ether oxygens (including phenoxy) is 1. The number of fused-ring (bicyclic) bond motifs is 1. The van der Waals surface area contributed by atoms with Crippen LogP contribution in [0, 0.1) is 0 Å². The molecule has 0 saturated carbocycles. The van der Waals surface area contributed by atoms with Crippen molar-refractivity contribution in [2.75, 3.05) is 6.61 Å². The van der Waals surface area contributed by atoms with Crippen molar-refractivity contribution in [2.45, 2.75) is 13.5 Å². The third-order valence-electron chi connectivity index (χ3n) is 2.39. The van der Waals surface area contributed by atoms with Crippen molar-refractivity contribution in [1.82, 2.24) is 9.55 Å². The topological polar surface area (TPSA) is 61.2 Å². The normalized spacial score (nSPS) is 10.6. The zero-order chi connectivity index (χ0) is 13.1. The lowest BCUT2D eigenvalue weighted by Crippen LogP contribution is -2.25. The molecule has 0 atom stereocenters. The summed E-state index contributed by atoms with van der Waals surface area (Å²) in [6.45, 7) is 1.87. The first kappa shape index (κ1) is 12.6. The van der Waals surface area contributed by atoms with Gasteiger partial charge >= 0.3 is 5.97 Å². The van der Waals surface area contributed by atoms with E-state index < -0.39 is 5.97 Å². The van der Waals surface area contributed by atoms with Crippen molar-refractivity contribution in [3.8, 4) is 0 Å². The van der Waals surface area contributed by atoms with Crippen molar-refractivity contribution < 1.29 is 9.53 Å². The second-order valence-corrected chi connectivity index (χ2v) is 4.01. The van der Waals surface area contributed by atoms with Crippen molar-refractivity contribution in [3.05, 3.63) is 39.9 Å². The minimum absolute atomic E-state index is 0.128. The SMILES string of the molecule is CCOC(=O)Cn1ccc2ccc(Cl)nc2c1=O. The van der Waals surface area contributed by atoms with Crippen LogP contribution >= 0.6 is 11.6 Å². The number of hydrogen-bond acceptors (Lipinski definition) is 4. The molecular formula is C12H11ClN2O3. The summed E-state index contributed by atoms with van der Waals surface area (Å²) >= 11 is 5.75. The Kier molecular flexibility index (Phi) is 3.62. The molecule has 0 unspecified atom stereocenters. The summed E-state index contributed by atoms with van der Waals surface area (Å²) in [5, 5.41) is 0.929. The molecule has 2 aromatic rings. The summed E-state index contributed by atoms with van der Waals surface area (Å²) < 4.78 is 6.05. The molecular weight excluding hydrogens is 256 g/mol. The number of carbonyl (C=O) groups is 1. The number of pyridine rings is 2. The van der Waals surface area contributed by atoms with Gasteiger partial charge in [-0.3, -0.25) is 9.59 Å². The maximum atomic E-state index is 12.1. The van der Waals surface area contributed by atoms with E-state index in [0.717, 1.165) is 0 Å². The number of aromatic nitrogens is 2. The van der Waals surface area contributed by atoms with Gasteiger partial charge < -0.3 is 9.30 Å². The van der Waals surface area contributed by atoms with Gasteiger partial charge in [-0.2, -0.15) is 0 Å². The highest BCUT2D eigenvalue weighted by Gasteiger charge is 2.08. The van der Waals surface area contributed by atoms with Gasteiger partial charge in [0.1, 0.15) is 17.2 Å². The summed E-state index contributed by atoms with van der Waals surface area (Å²) in [4.78, 5) is 27.4. The Morgan fingerprint density at radius 1 is 1.44 bits per heavy atom. The van der Waals surface area contributed by atoms with E-state index in [1.165, 1.54) is 10.8 Å². The molecule has 2 rings (SSSR count). The van der Waals surface area contributed by atoms with E-state index in [-0.39, 0.29) is 29.4 Å². The van der Waals surface area contributed by atoms with Crippen LogP contribution in [0.25, 0.3) is 10.9 Å². The van der Waals surface area contributed by atoms with Crippen molar-refractivity contribution in [3.63, 3.8) is 0 Å². The average Bonchev–Trinajstić information content (AvgIpc) is 2.34. The molecule has 6 heteroatoms. The summed E-state index contributed by atoms with van der Waals surface area (Å²) in [5.41, 5.74) is -0.114. The maximum absolute atomic E-state index is 12.1. The number of nitrogens with zero attached hydrogens (tertiary/aromatic N) is 2. The Labute approximate surface area is 108 Å². The van der Waals surface area contributed by atoms with E-state index in [0.29, 0.717) is 5.39 Å². The van der Waals surface area contributed by atoms with Gasteiger partial charge in [0.05, 0.1) is 6.61 Å². The molecule has 0 amide bonds. The van der Waals surface area contributed by atoms with Crippen molar-refractivity contribution in [1.29, 1.82) is 0 Å². The van der Waals surface area contributed by atoms with Crippen LogP contribution in [0.15, 0.2) is 29.2 Å². The van der Waals surface area contributed by atoms with Crippen molar-refractivity contribution >= 4 is 28.5 Å². The lowest BCUT2D eigenvalue weighted by Gasteiger charge is -2.06. The lowest BCUT2D eigenvalue weighted by molar-refractivity contribution is -0.143. The van der Waals surface area contributed by atoms with Crippen molar-refractivity contribution in [2.24, 2.45) is 0 Å². The zero-order valence-corrected chi connectivity index (χ0v) is 10.5. The first-order chi connectivity index (χ1) is 8.61. The van der Waals surface area contributed by atoms with Gasteiger partial charge in [-0.25, -0.2) is 4.98 Å². The fraction of sp³-hybridized carbons (Fsp3) is 0.250. The Bertz CT molecular complexity index is 651. The first-order valence-corrected chi connectivity index (χ1v) is 5.81. The van der Waals surface area contributed by atoms with E-state index in [4.69, 9.17) is 16.3 Å². The van der Waals surface area contributed by atoms with Crippen LogP contribution in [0.1, 0.15) is 6.92 Å². The van der Waals surface area contributed by atoms with E-state index in [1.54, 1.807) is 25.1 Å². The van der Waals surface area contributed by atoms with Gasteiger partial charge in [0.15, 0.2) is 0 Å². The third kappa shape index (κ3) is 2.51. The van der Waals surface area contributed by atoms with Gasteiger partial charge in [-0.1, -0.05) is 11.6 Å². The molecule has 0 fully saturated rings. The Morgan fingerprint density at radius 2 is 2.22 bits per heavy atom. The molecule has 2 heterocycles. The number of esters is 1. The average molecular weight is 267 g/mol. The Balaban J connectivity index is 2.44. The highest BCUT2D eigenvalue weighted by atomic mass is 35.5. The minimum atomic E-state index is -0.457. The predicted octanol–water partition coefficient (Wildman–Crippen LogP) is 1.61. The number of rotatable bonds is 3. The van der Waals surface area contributed by atoms with Crippen LogP contribution in [0.5, 0.6) is 0 Å². The van der Waals surface area contributed by atoms with Gasteiger partial charge in [-0.05, 0) is 25.1 Å². The van der Waals surface area contributed by atoms with Crippen LogP contribution in [-0.4, -0.2) is 22.1 Å². The molecule has 0 aromatic carbocycles. The molecule has 0 aliphatic rings. The summed E-state index contributed by atoms with van der Waals surface area (Å²) in [6.07, 6.45) is 1.54. The van der Waals surface area contributed by atoms with E-state index >= 15 is 0 Å². The molecule has 5 nitrogen and oxygen atoms in total. The van der Waals surface area contributed by atoms with Gasteiger partial charge in [0.25, 0.3) is 5.56 Å². The fourth-order valence-electron chi connectivity index (χ4n) is 1.60. The molecule has 2 aromatic heterocycles. The monoisotopic (exact) mass is 266 g/mol. The molecule has 94 valence electrons. The minimum Gasteiger partial charge on any atom is -0.465 e. The molecule has 0 aliphatic heterocycles. The summed E-state index contributed by atoms with van der Waals surface area (Å²) in [7, 11) is 0. The van der Waals surface area contributed by atoms with Crippen LogP contribution in [0.4, 0.5) is 0 Å². The Morgan fingerprint density at radius 3 is 2.94 bits per heavy atom. The highest BCUT2D eigenvalue weighted by Crippen LogP contribution is 2.11. The number of halogens is 1. The quantitative estimate of drug-likeness (QED) is 0.626. The molecule has 0 spiro atoms. The zero-order valence-electron chi connectivity index (χ0n) is 9.72. The number of carbonyl (C=O) groups excluding carboxylic acids is 1. The van der Waals surface area contributed by atoms with E-state index in [2.05, 4.69) is 4.98 Å². The fourth-order valence-corrected chi connectivity index (χ4v) is 1.74. The molecule has 0 bridgehead atoms. The van der Waals surface area contributed by atoms with Gasteiger partial charge in [-0.15, -0.1) is 0 Å². The largest absolute Gasteiger partial charge is 0.465 e. The molecule has 18 heavy (non-hydrogen) atoms. The van der Waals surface area contributed by atoms with E-state index in [1.807, 2.05) is 0 Å². The second-order valence-electron chi connectivity index (χ2n) is 3.63. The van der Waals surface area contributed by atoms with Gasteiger partial charge in [0, 0.05) is 11.6 Å². The molecule has 0 aliphatic carbocycles. The van der Waals surface area contributed by atoms with Crippen LogP contribution < -0.4 is 5.56 Å². The Hall–Kier alpha value is -1.88. The molecule has 0 N–H and O–H groups in total. The number of hydrogen-bond donors (Lipinski definition) is 0. The summed E-state index contributed by atoms with van der Waals surface area (Å²) in [5.74, 6) is -0.457. The maximum Gasteiger partial charge on any atom is 0.326 e. The second kappa shape index (κ2) is 5.18. The standard InChI is InChI=1S/C12H11ClN2O3/c1-2-18-10(16)7-15-6-5-8-3-4-9(13)14-11(8)12(15)17/h3-6H,2,7H2,1H3. The predicted molar refractivity (Wildman–Crippen MR) is 67.6 cm³/mol. The van der Waals surface area contributed by atoms with Crippen LogP contribution in [0.2, 0.25) is 5.15 Å².